The van der Waals surface area contributed by atoms with Crippen molar-refractivity contribution in [2.45, 2.75) is 6.67 Å². The van der Waals surface area contributed by atoms with Gasteiger partial charge in [0.25, 0.3) is 11.2 Å². The molecule has 0 aliphatic carbocycles. The summed E-state index contributed by atoms with van der Waals surface area (Å²) in [5.74, 6) is 0. The predicted molar refractivity (Wildman–Crippen MR) is 100 cm³/mol. The SMILES string of the molecule is O=c1c2c(ccc3ccccc32)ncn1CNc1ccc([N+](=O)[O-])cc1. The highest BCUT2D eigenvalue weighted by Crippen LogP contribution is 2.21. The molecule has 0 fully saturated rings. The minimum atomic E-state index is -0.452. The van der Waals surface area contributed by atoms with Crippen molar-refractivity contribution in [3.05, 3.63) is 87.5 Å². The van der Waals surface area contributed by atoms with Crippen LogP contribution in [0.25, 0.3) is 21.7 Å². The lowest BCUT2D eigenvalue weighted by molar-refractivity contribution is -0.384. The lowest BCUT2D eigenvalue weighted by atomic mass is 10.1. The maximum Gasteiger partial charge on any atom is 0.269 e. The molecule has 7 heteroatoms. The van der Waals surface area contributed by atoms with Gasteiger partial charge in [0.15, 0.2) is 0 Å². The fraction of sp³-hybridized carbons (Fsp3) is 0.0526. The first kappa shape index (κ1) is 15.8. The number of benzene rings is 3. The lowest BCUT2D eigenvalue weighted by Crippen LogP contribution is -2.24. The second-order valence-corrected chi connectivity index (χ2v) is 5.84. The number of anilines is 1. The lowest BCUT2D eigenvalue weighted by Gasteiger charge is -2.10. The highest BCUT2D eigenvalue weighted by Gasteiger charge is 2.08. The largest absolute Gasteiger partial charge is 0.367 e. The quantitative estimate of drug-likeness (QED) is 0.347. The number of hydrogen-bond donors (Lipinski definition) is 1. The van der Waals surface area contributed by atoms with Crippen molar-refractivity contribution in [3.8, 4) is 0 Å². The second kappa shape index (κ2) is 6.29. The summed E-state index contributed by atoms with van der Waals surface area (Å²) in [5.41, 5.74) is 1.22. The average Bonchev–Trinajstić information content (AvgIpc) is 2.67. The average molecular weight is 346 g/mol. The molecule has 128 valence electrons. The Labute approximate surface area is 147 Å². The van der Waals surface area contributed by atoms with E-state index in [9.17, 15) is 14.9 Å². The van der Waals surface area contributed by atoms with Gasteiger partial charge in [0.1, 0.15) is 0 Å². The summed E-state index contributed by atoms with van der Waals surface area (Å²) in [5, 5.41) is 16.2. The van der Waals surface area contributed by atoms with E-state index < -0.39 is 4.92 Å². The Morgan fingerprint density at radius 1 is 1.04 bits per heavy atom. The van der Waals surface area contributed by atoms with Crippen LogP contribution in [-0.4, -0.2) is 14.5 Å². The third-order valence-corrected chi connectivity index (χ3v) is 4.25. The maximum absolute atomic E-state index is 12.9. The summed E-state index contributed by atoms with van der Waals surface area (Å²) in [6, 6.07) is 17.5. The van der Waals surface area contributed by atoms with Crippen LogP contribution in [-0.2, 0) is 6.67 Å². The first-order chi connectivity index (χ1) is 12.6. The summed E-state index contributed by atoms with van der Waals surface area (Å²) in [6.07, 6.45) is 1.50. The van der Waals surface area contributed by atoms with Crippen LogP contribution in [0, 0.1) is 10.1 Å². The molecule has 0 saturated carbocycles. The zero-order chi connectivity index (χ0) is 18.1. The minimum absolute atomic E-state index is 0.0200. The van der Waals surface area contributed by atoms with E-state index in [0.717, 1.165) is 10.8 Å². The Hall–Kier alpha value is -3.74. The van der Waals surface area contributed by atoms with Crippen molar-refractivity contribution in [1.82, 2.24) is 9.55 Å². The Balaban J connectivity index is 1.68. The monoisotopic (exact) mass is 346 g/mol. The molecular formula is C19H14N4O3. The van der Waals surface area contributed by atoms with Crippen molar-refractivity contribution >= 4 is 33.1 Å². The van der Waals surface area contributed by atoms with E-state index >= 15 is 0 Å². The highest BCUT2D eigenvalue weighted by atomic mass is 16.6. The molecule has 0 aliphatic rings. The number of rotatable bonds is 4. The zero-order valence-electron chi connectivity index (χ0n) is 13.6. The number of aromatic nitrogens is 2. The standard InChI is InChI=1S/C19H14N4O3/c24-19-18-16-4-2-1-3-13(16)5-10-17(18)21-12-22(19)11-20-14-6-8-15(9-7-14)23(25)26/h1-10,12,20H,11H2. The molecule has 0 bridgehead atoms. The van der Waals surface area contributed by atoms with Crippen molar-refractivity contribution in [2.24, 2.45) is 0 Å². The molecule has 0 atom stereocenters. The van der Waals surface area contributed by atoms with Gasteiger partial charge in [-0.05, 0) is 29.0 Å². The molecule has 0 radical (unpaired) electrons. The van der Waals surface area contributed by atoms with Crippen LogP contribution < -0.4 is 10.9 Å². The number of nitro groups is 1. The van der Waals surface area contributed by atoms with E-state index in [-0.39, 0.29) is 17.9 Å². The van der Waals surface area contributed by atoms with Gasteiger partial charge in [0.2, 0.25) is 0 Å². The van der Waals surface area contributed by atoms with Crippen LogP contribution in [0.15, 0.2) is 71.8 Å². The predicted octanol–water partition coefficient (Wildman–Crippen LogP) is 3.53. The van der Waals surface area contributed by atoms with E-state index in [1.807, 2.05) is 36.4 Å². The van der Waals surface area contributed by atoms with Gasteiger partial charge in [-0.15, -0.1) is 0 Å². The van der Waals surface area contributed by atoms with Crippen LogP contribution in [0.2, 0.25) is 0 Å². The molecule has 1 heterocycles. The summed E-state index contributed by atoms with van der Waals surface area (Å²) >= 11 is 0. The Morgan fingerprint density at radius 2 is 1.81 bits per heavy atom. The molecule has 7 nitrogen and oxygen atoms in total. The zero-order valence-corrected chi connectivity index (χ0v) is 13.6. The van der Waals surface area contributed by atoms with Crippen molar-refractivity contribution in [2.75, 3.05) is 5.32 Å². The summed E-state index contributed by atoms with van der Waals surface area (Å²) < 4.78 is 1.48. The molecule has 1 N–H and O–H groups in total. The topological polar surface area (TPSA) is 90.1 Å². The smallest absolute Gasteiger partial charge is 0.269 e. The fourth-order valence-electron chi connectivity index (χ4n) is 2.91. The molecule has 1 aromatic heterocycles. The number of hydrogen-bond acceptors (Lipinski definition) is 5. The molecular weight excluding hydrogens is 332 g/mol. The molecule has 0 aliphatic heterocycles. The van der Waals surface area contributed by atoms with Crippen molar-refractivity contribution < 1.29 is 4.92 Å². The molecule has 4 rings (SSSR count). The van der Waals surface area contributed by atoms with Gasteiger partial charge in [0, 0.05) is 17.8 Å². The van der Waals surface area contributed by atoms with Gasteiger partial charge in [-0.1, -0.05) is 30.3 Å². The van der Waals surface area contributed by atoms with Crippen LogP contribution in [0.3, 0.4) is 0 Å². The van der Waals surface area contributed by atoms with E-state index in [1.54, 1.807) is 12.1 Å². The molecule has 0 unspecified atom stereocenters. The first-order valence-electron chi connectivity index (χ1n) is 7.99. The molecule has 4 aromatic rings. The second-order valence-electron chi connectivity index (χ2n) is 5.84. The molecule has 3 aromatic carbocycles. The van der Waals surface area contributed by atoms with E-state index in [0.29, 0.717) is 16.6 Å². The Kier molecular flexibility index (Phi) is 3.81. The third-order valence-electron chi connectivity index (χ3n) is 4.25. The fourth-order valence-corrected chi connectivity index (χ4v) is 2.91. The molecule has 26 heavy (non-hydrogen) atoms. The van der Waals surface area contributed by atoms with Gasteiger partial charge in [-0.2, -0.15) is 0 Å². The van der Waals surface area contributed by atoms with E-state index in [2.05, 4.69) is 10.3 Å². The normalized spacial score (nSPS) is 10.9. The minimum Gasteiger partial charge on any atom is -0.367 e. The number of fused-ring (bicyclic) bond motifs is 3. The van der Waals surface area contributed by atoms with Crippen LogP contribution in [0.5, 0.6) is 0 Å². The van der Waals surface area contributed by atoms with Crippen LogP contribution in [0.4, 0.5) is 11.4 Å². The van der Waals surface area contributed by atoms with Gasteiger partial charge in [-0.3, -0.25) is 19.5 Å². The Bertz CT molecular complexity index is 1180. The highest BCUT2D eigenvalue weighted by molar-refractivity contribution is 6.05. The van der Waals surface area contributed by atoms with Gasteiger partial charge >= 0.3 is 0 Å². The van der Waals surface area contributed by atoms with Gasteiger partial charge in [0.05, 0.1) is 28.8 Å². The third kappa shape index (κ3) is 2.75. The van der Waals surface area contributed by atoms with E-state index in [1.165, 1.54) is 23.0 Å². The van der Waals surface area contributed by atoms with Crippen molar-refractivity contribution in [3.63, 3.8) is 0 Å². The number of nitro benzene ring substituents is 1. The van der Waals surface area contributed by atoms with Crippen LogP contribution >= 0.6 is 0 Å². The van der Waals surface area contributed by atoms with Crippen molar-refractivity contribution in [1.29, 1.82) is 0 Å². The Morgan fingerprint density at radius 3 is 2.58 bits per heavy atom. The molecule has 0 spiro atoms. The number of nitrogens with one attached hydrogen (secondary N) is 1. The summed E-state index contributed by atoms with van der Waals surface area (Å²) in [4.78, 5) is 27.5. The van der Waals surface area contributed by atoms with Gasteiger partial charge < -0.3 is 5.32 Å². The molecule has 0 saturated heterocycles. The molecule has 0 amide bonds. The maximum atomic E-state index is 12.9. The van der Waals surface area contributed by atoms with E-state index in [4.69, 9.17) is 0 Å². The first-order valence-corrected chi connectivity index (χ1v) is 7.99. The van der Waals surface area contributed by atoms with Gasteiger partial charge in [-0.25, -0.2) is 4.98 Å². The summed E-state index contributed by atoms with van der Waals surface area (Å²) in [7, 11) is 0. The number of non-ortho nitro benzene ring substituents is 1. The summed E-state index contributed by atoms with van der Waals surface area (Å²) in [6.45, 7) is 0.211. The van der Waals surface area contributed by atoms with Crippen LogP contribution in [0.1, 0.15) is 0 Å². The number of nitrogens with zero attached hydrogens (tertiary/aromatic N) is 3.